The number of benzene rings is 2. The maximum Gasteiger partial charge on any atom is 0.416 e. The van der Waals surface area contributed by atoms with Crippen molar-refractivity contribution in [3.63, 3.8) is 0 Å². The van der Waals surface area contributed by atoms with E-state index in [1.165, 1.54) is 6.92 Å². The molecule has 160 valence electrons. The van der Waals surface area contributed by atoms with Gasteiger partial charge >= 0.3 is 22.5 Å². The number of hydrogen-bond donors (Lipinski definition) is 0. The molecule has 0 radical (unpaired) electrons. The van der Waals surface area contributed by atoms with Crippen LogP contribution in [0.1, 0.15) is 16.7 Å². The second-order valence-corrected chi connectivity index (χ2v) is 9.51. The van der Waals surface area contributed by atoms with Crippen LogP contribution in [0.5, 0.6) is 5.75 Å². The van der Waals surface area contributed by atoms with Gasteiger partial charge in [-0.05, 0) is 42.8 Å². The summed E-state index contributed by atoms with van der Waals surface area (Å²) in [4.78, 5) is -1.14. The summed E-state index contributed by atoms with van der Waals surface area (Å²) in [5, 5.41) is 0. The van der Waals surface area contributed by atoms with Crippen molar-refractivity contribution in [3.8, 4) is 5.75 Å². The third-order valence-electron chi connectivity index (χ3n) is 3.62. The number of aryl methyl sites for hydroxylation is 1. The first-order chi connectivity index (χ1) is 12.9. The maximum atomic E-state index is 12.9. The molecule has 5 nitrogen and oxygen atoms in total. The summed E-state index contributed by atoms with van der Waals surface area (Å²) < 4.78 is 130. The molecule has 0 spiro atoms. The van der Waals surface area contributed by atoms with Crippen LogP contribution in [0.15, 0.2) is 46.2 Å². The van der Waals surface area contributed by atoms with Crippen molar-refractivity contribution in [2.75, 3.05) is 6.26 Å². The average molecular weight is 462 g/mol. The van der Waals surface area contributed by atoms with E-state index in [1.807, 2.05) is 0 Å². The third kappa shape index (κ3) is 5.41. The molecular formula is C16H12F6O5S2. The van der Waals surface area contributed by atoms with Gasteiger partial charge in [0.25, 0.3) is 0 Å². The van der Waals surface area contributed by atoms with E-state index in [4.69, 9.17) is 0 Å². The van der Waals surface area contributed by atoms with Crippen molar-refractivity contribution in [2.45, 2.75) is 29.1 Å². The van der Waals surface area contributed by atoms with E-state index in [-0.39, 0.29) is 23.8 Å². The van der Waals surface area contributed by atoms with Gasteiger partial charge in [-0.15, -0.1) is 0 Å². The van der Waals surface area contributed by atoms with Crippen LogP contribution in [-0.2, 0) is 32.3 Å². The van der Waals surface area contributed by atoms with Gasteiger partial charge in [-0.1, -0.05) is 6.07 Å². The molecule has 0 aliphatic carbocycles. The van der Waals surface area contributed by atoms with Gasteiger partial charge in [0.15, 0.2) is 9.84 Å². The minimum Gasteiger partial charge on any atom is -0.379 e. The second-order valence-electron chi connectivity index (χ2n) is 5.98. The van der Waals surface area contributed by atoms with Gasteiger partial charge in [-0.3, -0.25) is 0 Å². The van der Waals surface area contributed by atoms with Crippen LogP contribution in [0.2, 0.25) is 0 Å². The average Bonchev–Trinajstić information content (AvgIpc) is 2.51. The summed E-state index contributed by atoms with van der Waals surface area (Å²) in [6.45, 7) is 1.25. The molecule has 0 saturated carbocycles. The van der Waals surface area contributed by atoms with Crippen molar-refractivity contribution in [1.29, 1.82) is 0 Å². The lowest BCUT2D eigenvalue weighted by Crippen LogP contribution is -2.15. The molecule has 0 amide bonds. The number of alkyl halides is 6. The van der Waals surface area contributed by atoms with Crippen LogP contribution in [0.3, 0.4) is 0 Å². The minimum atomic E-state index is -5.20. The van der Waals surface area contributed by atoms with Gasteiger partial charge < -0.3 is 4.18 Å². The Morgan fingerprint density at radius 3 is 1.69 bits per heavy atom. The Labute approximate surface area is 162 Å². The van der Waals surface area contributed by atoms with E-state index >= 15 is 0 Å². The highest BCUT2D eigenvalue weighted by Crippen LogP contribution is 2.39. The van der Waals surface area contributed by atoms with Crippen molar-refractivity contribution in [1.82, 2.24) is 0 Å². The van der Waals surface area contributed by atoms with Gasteiger partial charge in [0.1, 0.15) is 10.6 Å². The largest absolute Gasteiger partial charge is 0.416 e. The summed E-state index contributed by atoms with van der Waals surface area (Å²) in [6.07, 6.45) is -9.61. The number of rotatable bonds is 4. The van der Waals surface area contributed by atoms with Crippen LogP contribution in [0.4, 0.5) is 26.3 Å². The van der Waals surface area contributed by atoms with Gasteiger partial charge in [0.2, 0.25) is 0 Å². The fraction of sp³-hybridized carbons (Fsp3) is 0.250. The number of halogens is 6. The highest BCUT2D eigenvalue weighted by atomic mass is 32.2. The SMILES string of the molecule is Cc1ccc(S(C)(=O)=O)cc1S(=O)(=O)Oc1cc(C(F)(F)F)cc(C(F)(F)F)c1. The van der Waals surface area contributed by atoms with Crippen LogP contribution in [0.25, 0.3) is 0 Å². The molecule has 29 heavy (non-hydrogen) atoms. The molecule has 0 unspecified atom stereocenters. The van der Waals surface area contributed by atoms with E-state index in [9.17, 15) is 43.2 Å². The predicted molar refractivity (Wildman–Crippen MR) is 88.5 cm³/mol. The highest BCUT2D eigenvalue weighted by Gasteiger charge is 2.38. The van der Waals surface area contributed by atoms with E-state index < -0.39 is 59.0 Å². The van der Waals surface area contributed by atoms with E-state index in [0.717, 1.165) is 18.4 Å². The van der Waals surface area contributed by atoms with E-state index in [1.54, 1.807) is 0 Å². The predicted octanol–water partition coefficient (Wildman–Crippen LogP) is 4.20. The molecule has 0 saturated heterocycles. The summed E-state index contributed by atoms with van der Waals surface area (Å²) in [5.74, 6) is -1.23. The minimum absolute atomic E-state index is 0.0274. The Morgan fingerprint density at radius 2 is 1.28 bits per heavy atom. The normalized spacial score (nSPS) is 13.4. The third-order valence-corrected chi connectivity index (χ3v) is 6.12. The van der Waals surface area contributed by atoms with Gasteiger partial charge in [-0.2, -0.15) is 34.8 Å². The van der Waals surface area contributed by atoms with E-state index in [0.29, 0.717) is 6.07 Å². The molecule has 0 bridgehead atoms. The lowest BCUT2D eigenvalue weighted by Gasteiger charge is -2.15. The molecule has 2 aromatic carbocycles. The van der Waals surface area contributed by atoms with Crippen molar-refractivity contribution in [2.24, 2.45) is 0 Å². The number of sulfone groups is 1. The lowest BCUT2D eigenvalue weighted by atomic mass is 10.1. The Bertz CT molecular complexity index is 1120. The summed E-state index contributed by atoms with van der Waals surface area (Å²) in [7, 11) is -8.80. The molecule has 2 rings (SSSR count). The van der Waals surface area contributed by atoms with Crippen molar-refractivity contribution < 1.29 is 47.4 Å². The Morgan fingerprint density at radius 1 is 0.793 bits per heavy atom. The molecule has 2 aromatic rings. The highest BCUT2D eigenvalue weighted by molar-refractivity contribution is 7.90. The lowest BCUT2D eigenvalue weighted by molar-refractivity contribution is -0.143. The van der Waals surface area contributed by atoms with Crippen molar-refractivity contribution >= 4 is 20.0 Å². The fourth-order valence-corrected chi connectivity index (χ4v) is 4.12. The maximum absolute atomic E-state index is 12.9. The van der Waals surface area contributed by atoms with Gasteiger partial charge in [0, 0.05) is 6.26 Å². The first kappa shape index (κ1) is 23.0. The van der Waals surface area contributed by atoms with Gasteiger partial charge in [0.05, 0.1) is 16.0 Å². The molecule has 0 aliphatic heterocycles. The summed E-state index contributed by atoms with van der Waals surface area (Å²) >= 11 is 0. The van der Waals surface area contributed by atoms with Crippen LogP contribution < -0.4 is 4.18 Å². The Hall–Kier alpha value is -2.28. The Balaban J connectivity index is 2.61. The zero-order valence-electron chi connectivity index (χ0n) is 14.6. The quantitative estimate of drug-likeness (QED) is 0.503. The molecule has 0 aliphatic rings. The van der Waals surface area contributed by atoms with E-state index in [2.05, 4.69) is 4.18 Å². The zero-order valence-corrected chi connectivity index (χ0v) is 16.2. The zero-order chi connectivity index (χ0) is 22.4. The fourth-order valence-electron chi connectivity index (χ4n) is 2.23. The van der Waals surface area contributed by atoms with Crippen molar-refractivity contribution in [3.05, 3.63) is 53.1 Å². The second kappa shape index (κ2) is 7.20. The van der Waals surface area contributed by atoms with Crippen LogP contribution in [0, 0.1) is 6.92 Å². The smallest absolute Gasteiger partial charge is 0.379 e. The van der Waals surface area contributed by atoms with Crippen LogP contribution in [-0.4, -0.2) is 23.1 Å². The standard InChI is InChI=1S/C16H12F6O5S2/c1-9-3-4-13(28(2,23)24)8-14(9)29(25,26)27-12-6-10(15(17,18)19)5-11(7-12)16(20,21)22/h3-8H,1-2H3. The Kier molecular flexibility index (Phi) is 5.71. The first-order valence-corrected chi connectivity index (χ1v) is 10.8. The molecule has 0 heterocycles. The summed E-state index contributed by atoms with van der Waals surface area (Å²) in [6, 6.07) is 2.92. The number of hydrogen-bond acceptors (Lipinski definition) is 5. The first-order valence-electron chi connectivity index (χ1n) is 7.46. The molecule has 0 N–H and O–H groups in total. The molecule has 0 atom stereocenters. The molecule has 13 heteroatoms. The topological polar surface area (TPSA) is 77.5 Å². The molecule has 0 aromatic heterocycles. The molecule has 0 fully saturated rings. The monoisotopic (exact) mass is 462 g/mol. The summed E-state index contributed by atoms with van der Waals surface area (Å²) in [5.41, 5.74) is -3.56. The van der Waals surface area contributed by atoms with Gasteiger partial charge in [-0.25, -0.2) is 8.42 Å². The molecular weight excluding hydrogens is 450 g/mol. The van der Waals surface area contributed by atoms with Crippen LogP contribution >= 0.6 is 0 Å².